The molecule has 1 aromatic carbocycles. The van der Waals surface area contributed by atoms with Crippen LogP contribution in [-0.4, -0.2) is 81.2 Å². The van der Waals surface area contributed by atoms with Crippen LogP contribution < -0.4 is 0 Å². The number of Topliss-reactive ketones (excluding diaryl/α,β-unsaturated/α-hetero) is 1. The van der Waals surface area contributed by atoms with E-state index in [-0.39, 0.29) is 10.7 Å². The molecule has 132 valence electrons. The van der Waals surface area contributed by atoms with Gasteiger partial charge in [-0.15, -0.1) is 0 Å². The zero-order valence-electron chi connectivity index (χ0n) is 14.1. The topological polar surface area (TPSA) is 60.9 Å². The summed E-state index contributed by atoms with van der Waals surface area (Å²) in [5, 5.41) is 0. The molecule has 0 spiro atoms. The molecule has 3 rings (SSSR count). The summed E-state index contributed by atoms with van der Waals surface area (Å²) in [4.78, 5) is 17.1. The standard InChI is InChI=1S/C17H25N3O3S/c1-18-10-12-19(13-11-18)14-17(21)15-4-6-16(7-5-15)24(22,23)20-8-2-3-9-20/h4-7H,2-3,8-14H2,1H3. The van der Waals surface area contributed by atoms with Crippen molar-refractivity contribution in [1.82, 2.24) is 14.1 Å². The smallest absolute Gasteiger partial charge is 0.243 e. The Morgan fingerprint density at radius 1 is 0.958 bits per heavy atom. The van der Waals surface area contributed by atoms with E-state index >= 15 is 0 Å². The quantitative estimate of drug-likeness (QED) is 0.738. The Morgan fingerprint density at radius 2 is 1.54 bits per heavy atom. The van der Waals surface area contributed by atoms with Gasteiger partial charge in [-0.1, -0.05) is 12.1 Å². The molecule has 24 heavy (non-hydrogen) atoms. The van der Waals surface area contributed by atoms with Crippen LogP contribution in [0.1, 0.15) is 23.2 Å². The van der Waals surface area contributed by atoms with Gasteiger partial charge in [0.15, 0.2) is 5.78 Å². The number of nitrogens with zero attached hydrogens (tertiary/aromatic N) is 3. The van der Waals surface area contributed by atoms with Crippen LogP contribution in [0.15, 0.2) is 29.2 Å². The van der Waals surface area contributed by atoms with Crippen LogP contribution in [0.5, 0.6) is 0 Å². The first-order valence-electron chi connectivity index (χ1n) is 8.51. The molecule has 0 atom stereocenters. The Hall–Kier alpha value is -1.28. The molecule has 0 aromatic heterocycles. The summed E-state index contributed by atoms with van der Waals surface area (Å²) in [7, 11) is -1.33. The molecule has 0 unspecified atom stereocenters. The molecule has 0 aliphatic carbocycles. The lowest BCUT2D eigenvalue weighted by atomic mass is 10.1. The zero-order valence-corrected chi connectivity index (χ0v) is 15.0. The summed E-state index contributed by atoms with van der Waals surface area (Å²) in [6, 6.07) is 6.40. The van der Waals surface area contributed by atoms with Gasteiger partial charge in [0, 0.05) is 44.8 Å². The van der Waals surface area contributed by atoms with E-state index < -0.39 is 10.0 Å². The molecule has 6 nitrogen and oxygen atoms in total. The number of hydrogen-bond acceptors (Lipinski definition) is 5. The van der Waals surface area contributed by atoms with Gasteiger partial charge in [0.25, 0.3) is 0 Å². The number of ketones is 1. The van der Waals surface area contributed by atoms with Gasteiger partial charge < -0.3 is 4.90 Å². The molecule has 2 aliphatic rings. The van der Waals surface area contributed by atoms with Crippen molar-refractivity contribution in [3.05, 3.63) is 29.8 Å². The summed E-state index contributed by atoms with van der Waals surface area (Å²) in [5.74, 6) is 0.0460. The van der Waals surface area contributed by atoms with Crippen molar-refractivity contribution in [1.29, 1.82) is 0 Å². The van der Waals surface area contributed by atoms with Crippen molar-refractivity contribution in [3.8, 4) is 0 Å². The molecule has 2 saturated heterocycles. The number of carbonyl (C=O) groups excluding carboxylic acids is 1. The molecule has 0 saturated carbocycles. The van der Waals surface area contributed by atoms with Gasteiger partial charge in [-0.2, -0.15) is 4.31 Å². The third kappa shape index (κ3) is 3.85. The number of piperazine rings is 1. The van der Waals surface area contributed by atoms with E-state index in [0.717, 1.165) is 39.0 Å². The maximum Gasteiger partial charge on any atom is 0.243 e. The van der Waals surface area contributed by atoms with E-state index in [9.17, 15) is 13.2 Å². The maximum atomic E-state index is 12.5. The van der Waals surface area contributed by atoms with E-state index in [2.05, 4.69) is 16.8 Å². The second-order valence-corrected chi connectivity index (χ2v) is 8.58. The average molecular weight is 351 g/mol. The molecular weight excluding hydrogens is 326 g/mol. The normalized spacial score (nSPS) is 21.2. The highest BCUT2D eigenvalue weighted by molar-refractivity contribution is 7.89. The van der Waals surface area contributed by atoms with Crippen LogP contribution in [-0.2, 0) is 10.0 Å². The third-order valence-electron chi connectivity index (χ3n) is 4.84. The van der Waals surface area contributed by atoms with E-state index in [4.69, 9.17) is 0 Å². The summed E-state index contributed by atoms with van der Waals surface area (Å²) < 4.78 is 26.5. The maximum absolute atomic E-state index is 12.5. The van der Waals surface area contributed by atoms with Gasteiger partial charge >= 0.3 is 0 Å². The van der Waals surface area contributed by atoms with Crippen LogP contribution in [0.4, 0.5) is 0 Å². The summed E-state index contributed by atoms with van der Waals surface area (Å²) in [6.07, 6.45) is 1.83. The number of hydrogen-bond donors (Lipinski definition) is 0. The first kappa shape index (κ1) is 17.5. The highest BCUT2D eigenvalue weighted by atomic mass is 32.2. The number of likely N-dealkylation sites (N-methyl/N-ethyl adjacent to an activating group) is 1. The monoisotopic (exact) mass is 351 g/mol. The van der Waals surface area contributed by atoms with E-state index in [1.54, 1.807) is 24.3 Å². The van der Waals surface area contributed by atoms with Gasteiger partial charge in [0.1, 0.15) is 0 Å². The molecule has 1 aromatic rings. The zero-order chi connectivity index (χ0) is 17.2. The molecular formula is C17H25N3O3S. The lowest BCUT2D eigenvalue weighted by Crippen LogP contribution is -2.46. The first-order valence-corrected chi connectivity index (χ1v) is 9.95. The molecule has 0 bridgehead atoms. The minimum Gasteiger partial charge on any atom is -0.304 e. The van der Waals surface area contributed by atoms with Crippen molar-refractivity contribution in [2.75, 3.05) is 52.9 Å². The number of benzene rings is 1. The fourth-order valence-corrected chi connectivity index (χ4v) is 4.71. The van der Waals surface area contributed by atoms with E-state index in [1.807, 2.05) is 0 Å². The Labute approximate surface area is 144 Å². The first-order chi connectivity index (χ1) is 11.5. The average Bonchev–Trinajstić information content (AvgIpc) is 3.12. The van der Waals surface area contributed by atoms with Crippen molar-refractivity contribution in [2.45, 2.75) is 17.7 Å². The van der Waals surface area contributed by atoms with Crippen molar-refractivity contribution < 1.29 is 13.2 Å². The van der Waals surface area contributed by atoms with Crippen LogP contribution in [0.25, 0.3) is 0 Å². The van der Waals surface area contributed by atoms with Crippen molar-refractivity contribution in [3.63, 3.8) is 0 Å². The highest BCUT2D eigenvalue weighted by Crippen LogP contribution is 2.21. The minimum absolute atomic E-state index is 0.0460. The van der Waals surface area contributed by atoms with Crippen LogP contribution in [0, 0.1) is 0 Å². The minimum atomic E-state index is -3.41. The summed E-state index contributed by atoms with van der Waals surface area (Å²) >= 11 is 0. The van der Waals surface area contributed by atoms with Crippen LogP contribution in [0.2, 0.25) is 0 Å². The lowest BCUT2D eigenvalue weighted by molar-refractivity contribution is 0.0876. The third-order valence-corrected chi connectivity index (χ3v) is 6.76. The second kappa shape index (κ2) is 7.31. The van der Waals surface area contributed by atoms with Gasteiger partial charge in [-0.3, -0.25) is 9.69 Å². The molecule has 2 heterocycles. The molecule has 0 N–H and O–H groups in total. The summed E-state index contributed by atoms with van der Waals surface area (Å²) in [6.45, 7) is 5.30. The molecule has 2 aliphatic heterocycles. The predicted molar refractivity (Wildman–Crippen MR) is 92.7 cm³/mol. The largest absolute Gasteiger partial charge is 0.304 e. The SMILES string of the molecule is CN1CCN(CC(=O)c2ccc(S(=O)(=O)N3CCCC3)cc2)CC1. The molecule has 7 heteroatoms. The van der Waals surface area contributed by atoms with Crippen LogP contribution in [0.3, 0.4) is 0 Å². The number of sulfonamides is 1. The molecule has 2 fully saturated rings. The van der Waals surface area contributed by atoms with Gasteiger partial charge in [0.05, 0.1) is 11.4 Å². The highest BCUT2D eigenvalue weighted by Gasteiger charge is 2.27. The van der Waals surface area contributed by atoms with Gasteiger partial charge in [0.2, 0.25) is 10.0 Å². The number of carbonyl (C=O) groups is 1. The van der Waals surface area contributed by atoms with E-state index in [1.165, 1.54) is 4.31 Å². The van der Waals surface area contributed by atoms with Crippen molar-refractivity contribution in [2.24, 2.45) is 0 Å². The predicted octanol–water partition coefficient (Wildman–Crippen LogP) is 0.901. The second-order valence-electron chi connectivity index (χ2n) is 6.64. The lowest BCUT2D eigenvalue weighted by Gasteiger charge is -2.31. The molecule has 0 radical (unpaired) electrons. The van der Waals surface area contributed by atoms with Crippen molar-refractivity contribution >= 4 is 15.8 Å². The Kier molecular flexibility index (Phi) is 5.34. The van der Waals surface area contributed by atoms with Crippen LogP contribution >= 0.6 is 0 Å². The fraction of sp³-hybridized carbons (Fsp3) is 0.588. The van der Waals surface area contributed by atoms with E-state index in [0.29, 0.717) is 25.2 Å². The summed E-state index contributed by atoms with van der Waals surface area (Å²) in [5.41, 5.74) is 0.578. The van der Waals surface area contributed by atoms with Gasteiger partial charge in [-0.25, -0.2) is 8.42 Å². The Morgan fingerprint density at radius 3 is 2.12 bits per heavy atom. The number of rotatable bonds is 5. The Balaban J connectivity index is 1.64. The van der Waals surface area contributed by atoms with Gasteiger partial charge in [-0.05, 0) is 32.0 Å². The molecule has 0 amide bonds. The fourth-order valence-electron chi connectivity index (χ4n) is 3.19. The Bertz CT molecular complexity index is 674.